The van der Waals surface area contributed by atoms with E-state index in [2.05, 4.69) is 51.3 Å². The second kappa shape index (κ2) is 5.96. The molecular formula is C18H36N2. The Balaban J connectivity index is 1.87. The number of likely N-dealkylation sites (tertiary alicyclic amines) is 2. The van der Waals surface area contributed by atoms with Gasteiger partial charge in [0, 0.05) is 18.1 Å². The van der Waals surface area contributed by atoms with Gasteiger partial charge in [-0.15, -0.1) is 0 Å². The van der Waals surface area contributed by atoms with Crippen molar-refractivity contribution in [1.29, 1.82) is 0 Å². The maximum Gasteiger partial charge on any atom is 0.0223 e. The largest absolute Gasteiger partial charge is 0.299 e. The van der Waals surface area contributed by atoms with E-state index in [0.717, 1.165) is 12.0 Å². The second-order valence-electron chi connectivity index (χ2n) is 9.09. The van der Waals surface area contributed by atoms with Crippen molar-refractivity contribution in [3.8, 4) is 0 Å². The zero-order chi connectivity index (χ0) is 15.0. The number of hydrogen-bond acceptors (Lipinski definition) is 2. The maximum atomic E-state index is 2.79. The van der Waals surface area contributed by atoms with Crippen LogP contribution in [0.1, 0.15) is 67.2 Å². The lowest BCUT2D eigenvalue weighted by molar-refractivity contribution is 0.0173. The van der Waals surface area contributed by atoms with E-state index < -0.39 is 0 Å². The van der Waals surface area contributed by atoms with Crippen LogP contribution in [0.3, 0.4) is 0 Å². The van der Waals surface area contributed by atoms with Gasteiger partial charge in [0.1, 0.15) is 0 Å². The first-order chi connectivity index (χ1) is 9.18. The van der Waals surface area contributed by atoms with Gasteiger partial charge in [0.2, 0.25) is 0 Å². The molecule has 0 aromatic carbocycles. The fraction of sp³-hybridized carbons (Fsp3) is 1.00. The Bertz CT molecular complexity index is 302. The summed E-state index contributed by atoms with van der Waals surface area (Å²) in [6.45, 7) is 19.5. The van der Waals surface area contributed by atoms with Gasteiger partial charge in [-0.25, -0.2) is 0 Å². The zero-order valence-corrected chi connectivity index (χ0v) is 14.7. The molecule has 1 unspecified atom stereocenters. The van der Waals surface area contributed by atoms with Gasteiger partial charge >= 0.3 is 0 Å². The van der Waals surface area contributed by atoms with E-state index in [1.165, 1.54) is 51.9 Å². The summed E-state index contributed by atoms with van der Waals surface area (Å²) in [5.41, 5.74) is 0.832. The van der Waals surface area contributed by atoms with Gasteiger partial charge in [0.25, 0.3) is 0 Å². The van der Waals surface area contributed by atoms with Crippen LogP contribution in [0.4, 0.5) is 0 Å². The third kappa shape index (κ3) is 3.98. The quantitative estimate of drug-likeness (QED) is 0.716. The van der Waals surface area contributed by atoms with Gasteiger partial charge < -0.3 is 0 Å². The van der Waals surface area contributed by atoms with Crippen molar-refractivity contribution in [3.63, 3.8) is 0 Å². The molecule has 118 valence electrons. The molecule has 1 atom stereocenters. The highest BCUT2D eigenvalue weighted by molar-refractivity contribution is 4.89. The zero-order valence-electron chi connectivity index (χ0n) is 14.7. The Kier molecular flexibility index (Phi) is 4.86. The topological polar surface area (TPSA) is 6.48 Å². The second-order valence-corrected chi connectivity index (χ2v) is 9.09. The minimum absolute atomic E-state index is 0.336. The van der Waals surface area contributed by atoms with Crippen molar-refractivity contribution in [2.24, 2.45) is 11.3 Å². The van der Waals surface area contributed by atoms with Gasteiger partial charge in [-0.1, -0.05) is 20.8 Å². The lowest BCUT2D eigenvalue weighted by atomic mass is 9.75. The molecule has 20 heavy (non-hydrogen) atoms. The summed E-state index contributed by atoms with van der Waals surface area (Å²) in [7, 11) is 0. The van der Waals surface area contributed by atoms with Crippen LogP contribution in [0.5, 0.6) is 0 Å². The minimum atomic E-state index is 0.336. The molecule has 2 aliphatic rings. The van der Waals surface area contributed by atoms with Crippen LogP contribution in [0.2, 0.25) is 0 Å². The van der Waals surface area contributed by atoms with Crippen molar-refractivity contribution >= 4 is 0 Å². The van der Waals surface area contributed by atoms with Gasteiger partial charge in [-0.05, 0) is 77.4 Å². The molecule has 2 saturated heterocycles. The van der Waals surface area contributed by atoms with E-state index in [1.54, 1.807) is 0 Å². The van der Waals surface area contributed by atoms with Crippen molar-refractivity contribution in [2.75, 3.05) is 26.2 Å². The molecule has 2 rings (SSSR count). The molecule has 0 saturated carbocycles. The summed E-state index contributed by atoms with van der Waals surface area (Å²) in [5.74, 6) is 0.918. The van der Waals surface area contributed by atoms with Crippen molar-refractivity contribution < 1.29 is 0 Å². The predicted octanol–water partition coefficient (Wildman–Crippen LogP) is 4.01. The molecule has 2 heterocycles. The standard InChI is InChI=1S/C18H36N2/c1-17(2,3)15-9-12-19(13-10-15)16-8-7-11-20(14-16)18(4,5)6/h15-16H,7-14H2,1-6H3. The maximum absolute atomic E-state index is 2.79. The van der Waals surface area contributed by atoms with Gasteiger partial charge in [-0.3, -0.25) is 9.80 Å². The first-order valence-electron chi connectivity index (χ1n) is 8.67. The van der Waals surface area contributed by atoms with Gasteiger partial charge in [-0.2, -0.15) is 0 Å². The van der Waals surface area contributed by atoms with E-state index >= 15 is 0 Å². The van der Waals surface area contributed by atoms with Crippen molar-refractivity contribution in [1.82, 2.24) is 9.80 Å². The third-order valence-electron chi connectivity index (χ3n) is 5.62. The first-order valence-corrected chi connectivity index (χ1v) is 8.67. The molecule has 0 spiro atoms. The van der Waals surface area contributed by atoms with Crippen molar-refractivity contribution in [2.45, 2.75) is 78.8 Å². The molecule has 0 radical (unpaired) electrons. The summed E-state index contributed by atoms with van der Waals surface area (Å²) >= 11 is 0. The Morgan fingerprint density at radius 1 is 0.800 bits per heavy atom. The SMILES string of the molecule is CC(C)(C)C1CCN(C2CCCN(C(C)(C)C)C2)CC1. The molecule has 2 aliphatic heterocycles. The average molecular weight is 280 g/mol. The molecular weight excluding hydrogens is 244 g/mol. The Morgan fingerprint density at radius 3 is 1.90 bits per heavy atom. The lowest BCUT2D eigenvalue weighted by Crippen LogP contribution is -2.55. The third-order valence-corrected chi connectivity index (χ3v) is 5.62. The van der Waals surface area contributed by atoms with E-state index in [1.807, 2.05) is 0 Å². The minimum Gasteiger partial charge on any atom is -0.299 e. The molecule has 0 amide bonds. The fourth-order valence-electron chi connectivity index (χ4n) is 3.99. The molecule has 0 aromatic rings. The van der Waals surface area contributed by atoms with Gasteiger partial charge in [0.05, 0.1) is 0 Å². The molecule has 0 bridgehead atoms. The normalized spacial score (nSPS) is 28.8. The fourth-order valence-corrected chi connectivity index (χ4v) is 3.99. The molecule has 0 N–H and O–H groups in total. The van der Waals surface area contributed by atoms with Crippen LogP contribution in [-0.2, 0) is 0 Å². The summed E-state index contributed by atoms with van der Waals surface area (Å²) in [4.78, 5) is 5.48. The van der Waals surface area contributed by atoms with E-state index in [0.29, 0.717) is 11.0 Å². The Morgan fingerprint density at radius 2 is 1.40 bits per heavy atom. The predicted molar refractivity (Wildman–Crippen MR) is 88.1 cm³/mol. The number of hydrogen-bond donors (Lipinski definition) is 0. The van der Waals surface area contributed by atoms with E-state index in [9.17, 15) is 0 Å². The lowest BCUT2D eigenvalue weighted by Gasteiger charge is -2.47. The van der Waals surface area contributed by atoms with Gasteiger partial charge in [0.15, 0.2) is 0 Å². The average Bonchev–Trinajstić information content (AvgIpc) is 2.37. The Hall–Kier alpha value is -0.0800. The van der Waals surface area contributed by atoms with Crippen LogP contribution in [0, 0.1) is 11.3 Å². The highest BCUT2D eigenvalue weighted by atomic mass is 15.3. The van der Waals surface area contributed by atoms with E-state index in [4.69, 9.17) is 0 Å². The van der Waals surface area contributed by atoms with Crippen molar-refractivity contribution in [3.05, 3.63) is 0 Å². The Labute approximate surface area is 126 Å². The highest BCUT2D eigenvalue weighted by Gasteiger charge is 2.34. The number of nitrogens with zero attached hydrogens (tertiary/aromatic N) is 2. The monoisotopic (exact) mass is 280 g/mol. The summed E-state index contributed by atoms with van der Waals surface area (Å²) in [5, 5.41) is 0. The van der Waals surface area contributed by atoms with Crippen LogP contribution in [0.15, 0.2) is 0 Å². The molecule has 0 aliphatic carbocycles. The summed E-state index contributed by atoms with van der Waals surface area (Å²) in [6.07, 6.45) is 5.58. The van der Waals surface area contributed by atoms with Crippen LogP contribution in [-0.4, -0.2) is 47.6 Å². The highest BCUT2D eigenvalue weighted by Crippen LogP contribution is 2.35. The van der Waals surface area contributed by atoms with Crippen LogP contribution >= 0.6 is 0 Å². The number of piperidine rings is 2. The first kappa shape index (κ1) is 16.3. The number of rotatable bonds is 1. The molecule has 2 fully saturated rings. The van der Waals surface area contributed by atoms with Crippen LogP contribution < -0.4 is 0 Å². The molecule has 2 heteroatoms. The molecule has 0 aromatic heterocycles. The summed E-state index contributed by atoms with van der Waals surface area (Å²) in [6, 6.07) is 0.809. The van der Waals surface area contributed by atoms with Crippen LogP contribution in [0.25, 0.3) is 0 Å². The van der Waals surface area contributed by atoms with E-state index in [-0.39, 0.29) is 0 Å². The molecule has 2 nitrogen and oxygen atoms in total. The summed E-state index contributed by atoms with van der Waals surface area (Å²) < 4.78 is 0. The smallest absolute Gasteiger partial charge is 0.0223 e.